The van der Waals surface area contributed by atoms with Crippen molar-refractivity contribution >= 4 is 11.7 Å². The number of carbonyl (C=O) groups excluding carboxylic acids is 1. The molecule has 0 fully saturated rings. The van der Waals surface area contributed by atoms with Crippen molar-refractivity contribution in [2.45, 2.75) is 32.7 Å². The minimum Gasteiger partial charge on any atom is -0.325 e. The van der Waals surface area contributed by atoms with Crippen LogP contribution in [0.3, 0.4) is 0 Å². The molecule has 13 heavy (non-hydrogen) atoms. The van der Waals surface area contributed by atoms with Gasteiger partial charge in [-0.3, -0.25) is 4.79 Å². The van der Waals surface area contributed by atoms with Crippen molar-refractivity contribution in [1.82, 2.24) is 4.57 Å². The highest BCUT2D eigenvalue weighted by Gasteiger charge is 2.26. The molecule has 0 aliphatic carbocycles. The van der Waals surface area contributed by atoms with Gasteiger partial charge < -0.3 is 9.88 Å². The average Bonchev–Trinajstić information content (AvgIpc) is 2.41. The van der Waals surface area contributed by atoms with E-state index >= 15 is 0 Å². The van der Waals surface area contributed by atoms with Crippen LogP contribution in [0.1, 0.15) is 26.3 Å². The standard InChI is InChI=1S/C10H14N2O/c1-10(2,3)7-4-5-12-6-8(13)11-9(7)12/h4-5H,6H2,1-3H3,(H,11,13). The number of amides is 1. The van der Waals surface area contributed by atoms with E-state index in [4.69, 9.17) is 0 Å². The number of hydrogen-bond donors (Lipinski definition) is 1. The van der Waals surface area contributed by atoms with Crippen LogP contribution in [-0.4, -0.2) is 10.5 Å². The van der Waals surface area contributed by atoms with Gasteiger partial charge in [-0.2, -0.15) is 0 Å². The van der Waals surface area contributed by atoms with Crippen LogP contribution in [0, 0.1) is 0 Å². The lowest BCUT2D eigenvalue weighted by molar-refractivity contribution is -0.115. The van der Waals surface area contributed by atoms with E-state index < -0.39 is 0 Å². The molecule has 1 aromatic rings. The molecule has 0 bridgehead atoms. The van der Waals surface area contributed by atoms with Crippen LogP contribution in [-0.2, 0) is 16.8 Å². The third-order valence-electron chi connectivity index (χ3n) is 2.34. The van der Waals surface area contributed by atoms with Crippen molar-refractivity contribution in [2.24, 2.45) is 0 Å². The molecule has 0 unspecified atom stereocenters. The minimum atomic E-state index is 0.0844. The maximum Gasteiger partial charge on any atom is 0.245 e. The van der Waals surface area contributed by atoms with E-state index in [1.807, 2.05) is 10.8 Å². The molecule has 1 aliphatic rings. The number of rotatable bonds is 0. The zero-order valence-electron chi connectivity index (χ0n) is 8.22. The van der Waals surface area contributed by atoms with Crippen LogP contribution in [0.15, 0.2) is 12.3 Å². The number of nitrogens with one attached hydrogen (secondary N) is 1. The van der Waals surface area contributed by atoms with Gasteiger partial charge in [0.15, 0.2) is 0 Å². The maximum atomic E-state index is 11.1. The first-order valence-corrected chi connectivity index (χ1v) is 4.48. The molecule has 1 N–H and O–H groups in total. The summed E-state index contributed by atoms with van der Waals surface area (Å²) in [6, 6.07) is 2.08. The number of aromatic nitrogens is 1. The van der Waals surface area contributed by atoms with Crippen molar-refractivity contribution in [1.29, 1.82) is 0 Å². The van der Waals surface area contributed by atoms with Crippen LogP contribution in [0.25, 0.3) is 0 Å². The van der Waals surface area contributed by atoms with Crippen LogP contribution < -0.4 is 5.32 Å². The first-order valence-electron chi connectivity index (χ1n) is 4.48. The van der Waals surface area contributed by atoms with Gasteiger partial charge in [0.2, 0.25) is 5.91 Å². The Morgan fingerprint density at radius 3 is 2.77 bits per heavy atom. The lowest BCUT2D eigenvalue weighted by Crippen LogP contribution is -2.13. The number of fused-ring (bicyclic) bond motifs is 1. The lowest BCUT2D eigenvalue weighted by atomic mass is 9.88. The van der Waals surface area contributed by atoms with E-state index in [0.717, 1.165) is 5.82 Å². The minimum absolute atomic E-state index is 0.0844. The Hall–Kier alpha value is -1.25. The van der Waals surface area contributed by atoms with E-state index in [0.29, 0.717) is 6.54 Å². The molecule has 1 aliphatic heterocycles. The van der Waals surface area contributed by atoms with Gasteiger partial charge in [0.25, 0.3) is 0 Å². The molecule has 0 saturated carbocycles. The van der Waals surface area contributed by atoms with Gasteiger partial charge in [-0.15, -0.1) is 0 Å². The zero-order valence-corrected chi connectivity index (χ0v) is 8.22. The summed E-state index contributed by atoms with van der Waals surface area (Å²) in [4.78, 5) is 11.1. The largest absolute Gasteiger partial charge is 0.325 e. The summed E-state index contributed by atoms with van der Waals surface area (Å²) in [5, 5.41) is 2.88. The molecule has 0 saturated heterocycles. The van der Waals surface area contributed by atoms with Crippen molar-refractivity contribution < 1.29 is 4.79 Å². The zero-order chi connectivity index (χ0) is 9.64. The summed E-state index contributed by atoms with van der Waals surface area (Å²) in [5.74, 6) is 1.05. The van der Waals surface area contributed by atoms with Gasteiger partial charge in [0.1, 0.15) is 12.4 Å². The maximum absolute atomic E-state index is 11.1. The third kappa shape index (κ3) is 1.24. The fourth-order valence-corrected chi connectivity index (χ4v) is 1.68. The molecule has 2 heterocycles. The van der Waals surface area contributed by atoms with E-state index in [-0.39, 0.29) is 11.3 Å². The van der Waals surface area contributed by atoms with Crippen molar-refractivity contribution in [3.63, 3.8) is 0 Å². The highest BCUT2D eigenvalue weighted by atomic mass is 16.2. The van der Waals surface area contributed by atoms with E-state index in [1.165, 1.54) is 5.56 Å². The van der Waals surface area contributed by atoms with E-state index in [1.54, 1.807) is 0 Å². The topological polar surface area (TPSA) is 34.0 Å². The van der Waals surface area contributed by atoms with Gasteiger partial charge in [0, 0.05) is 6.20 Å². The number of nitrogens with zero attached hydrogens (tertiary/aromatic N) is 1. The monoisotopic (exact) mass is 178 g/mol. The molecule has 3 nitrogen and oxygen atoms in total. The third-order valence-corrected chi connectivity index (χ3v) is 2.34. The Kier molecular flexibility index (Phi) is 1.53. The Morgan fingerprint density at radius 1 is 1.46 bits per heavy atom. The lowest BCUT2D eigenvalue weighted by Gasteiger charge is -2.18. The number of carbonyl (C=O) groups is 1. The Labute approximate surface area is 77.7 Å². The predicted molar refractivity (Wildman–Crippen MR) is 51.8 cm³/mol. The van der Waals surface area contributed by atoms with Gasteiger partial charge in [-0.1, -0.05) is 20.8 Å². The second kappa shape index (κ2) is 2.37. The van der Waals surface area contributed by atoms with Gasteiger partial charge in [-0.05, 0) is 17.0 Å². The molecule has 0 aromatic carbocycles. The summed E-state index contributed by atoms with van der Waals surface area (Å²) in [6.45, 7) is 6.90. The summed E-state index contributed by atoms with van der Waals surface area (Å²) in [5.41, 5.74) is 1.30. The fourth-order valence-electron chi connectivity index (χ4n) is 1.68. The Bertz CT molecular complexity index is 357. The summed E-state index contributed by atoms with van der Waals surface area (Å²) >= 11 is 0. The van der Waals surface area contributed by atoms with E-state index in [9.17, 15) is 4.79 Å². The highest BCUT2D eigenvalue weighted by Crippen LogP contribution is 2.32. The molecule has 1 amide bonds. The molecule has 3 heteroatoms. The van der Waals surface area contributed by atoms with Crippen LogP contribution >= 0.6 is 0 Å². The van der Waals surface area contributed by atoms with Crippen LogP contribution in [0.5, 0.6) is 0 Å². The fraction of sp³-hybridized carbons (Fsp3) is 0.500. The van der Waals surface area contributed by atoms with Crippen LogP contribution in [0.2, 0.25) is 0 Å². The molecule has 1 aromatic heterocycles. The first kappa shape index (κ1) is 8.35. The molecule has 0 atom stereocenters. The molecular weight excluding hydrogens is 164 g/mol. The number of anilines is 1. The van der Waals surface area contributed by atoms with Crippen molar-refractivity contribution in [3.8, 4) is 0 Å². The molecular formula is C10H14N2O. The van der Waals surface area contributed by atoms with Crippen LogP contribution in [0.4, 0.5) is 5.82 Å². The van der Waals surface area contributed by atoms with Gasteiger partial charge in [-0.25, -0.2) is 0 Å². The van der Waals surface area contributed by atoms with Gasteiger partial charge >= 0.3 is 0 Å². The highest BCUT2D eigenvalue weighted by molar-refractivity contribution is 5.94. The Balaban J connectivity index is 2.47. The second-order valence-corrected chi connectivity index (χ2v) is 4.50. The molecule has 0 spiro atoms. The SMILES string of the molecule is CC(C)(C)c1ccn2c1NC(=O)C2. The molecule has 0 radical (unpaired) electrons. The quantitative estimate of drug-likeness (QED) is 0.645. The number of hydrogen-bond acceptors (Lipinski definition) is 1. The smallest absolute Gasteiger partial charge is 0.245 e. The summed E-state index contributed by atoms with van der Waals surface area (Å²) < 4.78 is 1.96. The van der Waals surface area contributed by atoms with Crippen molar-refractivity contribution in [3.05, 3.63) is 17.8 Å². The molecule has 2 rings (SSSR count). The predicted octanol–water partition coefficient (Wildman–Crippen LogP) is 1.74. The van der Waals surface area contributed by atoms with Gasteiger partial charge in [0.05, 0.1) is 0 Å². The average molecular weight is 178 g/mol. The summed E-state index contributed by atoms with van der Waals surface area (Å²) in [6.07, 6.45) is 1.97. The summed E-state index contributed by atoms with van der Waals surface area (Å²) in [7, 11) is 0. The Morgan fingerprint density at radius 2 is 2.15 bits per heavy atom. The normalized spacial score (nSPS) is 15.8. The van der Waals surface area contributed by atoms with Crippen molar-refractivity contribution in [2.75, 3.05) is 5.32 Å². The van der Waals surface area contributed by atoms with E-state index in [2.05, 4.69) is 32.2 Å². The second-order valence-electron chi connectivity index (χ2n) is 4.50. The molecule has 70 valence electrons. The first-order chi connectivity index (χ1) is 5.98.